The Morgan fingerprint density at radius 2 is 0.898 bits per heavy atom. The van der Waals surface area contributed by atoms with Gasteiger partial charge < -0.3 is 0 Å². The van der Waals surface area contributed by atoms with E-state index in [2.05, 4.69) is 196 Å². The van der Waals surface area contributed by atoms with E-state index in [4.69, 9.17) is 0 Å². The minimum atomic E-state index is -0.131. The Morgan fingerprint density at radius 1 is 0.322 bits per heavy atom. The minimum absolute atomic E-state index is 0.131. The average molecular weight is 785 g/mol. The smallest absolute Gasteiger partial charge is 0.0433 e. The third kappa shape index (κ3) is 4.76. The standard InChI is InChI=1S/C57H36S2/c1-57(2)49-27-23-35(36-21-25-40-47-31-48-45-26-20-33-12-6-7-15-38(33)56(45)59-53(48)32-52(47)58-51(40)30-36)28-46(49)39-24-22-37(29-50(39)57)55-43-18-10-8-16-41(43)54(34-13-4-3-5-14-34)42-17-9-11-19-44(42)55/h3-32H,1-2H3. The van der Waals surface area contributed by atoms with Crippen LogP contribution in [0.15, 0.2) is 182 Å². The number of thiophene rings is 2. The van der Waals surface area contributed by atoms with Gasteiger partial charge in [-0.2, -0.15) is 0 Å². The molecule has 0 bridgehead atoms. The summed E-state index contributed by atoms with van der Waals surface area (Å²) in [5, 5.41) is 13.2. The van der Waals surface area contributed by atoms with Gasteiger partial charge in [-0.1, -0.05) is 166 Å². The van der Waals surface area contributed by atoms with E-state index in [0.717, 1.165) is 0 Å². The van der Waals surface area contributed by atoms with E-state index in [0.29, 0.717) is 0 Å². The van der Waals surface area contributed by atoms with Crippen LogP contribution >= 0.6 is 22.7 Å². The summed E-state index contributed by atoms with van der Waals surface area (Å²) in [6.07, 6.45) is 0. The van der Waals surface area contributed by atoms with Crippen molar-refractivity contribution < 1.29 is 0 Å². The second-order valence-corrected chi connectivity index (χ2v) is 18.9. The molecule has 0 N–H and O–H groups in total. The molecule has 0 saturated heterocycles. The highest BCUT2D eigenvalue weighted by atomic mass is 32.1. The number of fused-ring (bicyclic) bond motifs is 13. The number of rotatable bonds is 3. The quantitative estimate of drug-likeness (QED) is 0.157. The van der Waals surface area contributed by atoms with Crippen molar-refractivity contribution in [1.82, 2.24) is 0 Å². The van der Waals surface area contributed by atoms with E-state index in [9.17, 15) is 0 Å². The first-order chi connectivity index (χ1) is 29.0. The molecule has 10 aromatic carbocycles. The second-order valence-electron chi connectivity index (χ2n) is 16.8. The largest absolute Gasteiger partial charge is 0.135 e. The molecule has 0 spiro atoms. The van der Waals surface area contributed by atoms with Gasteiger partial charge in [0.2, 0.25) is 0 Å². The first kappa shape index (κ1) is 33.4. The predicted molar refractivity (Wildman–Crippen MR) is 259 cm³/mol. The van der Waals surface area contributed by atoms with Crippen molar-refractivity contribution in [3.63, 3.8) is 0 Å². The lowest BCUT2D eigenvalue weighted by atomic mass is 9.80. The summed E-state index contributed by atoms with van der Waals surface area (Å²) in [7, 11) is 0. The molecule has 276 valence electrons. The van der Waals surface area contributed by atoms with Crippen molar-refractivity contribution in [3.8, 4) is 44.5 Å². The van der Waals surface area contributed by atoms with E-state index in [1.54, 1.807) is 0 Å². The van der Waals surface area contributed by atoms with E-state index >= 15 is 0 Å². The van der Waals surface area contributed by atoms with Gasteiger partial charge in [-0.3, -0.25) is 0 Å². The Hall–Kier alpha value is -6.58. The number of hydrogen-bond acceptors (Lipinski definition) is 2. The maximum Gasteiger partial charge on any atom is 0.0433 e. The van der Waals surface area contributed by atoms with E-state index in [-0.39, 0.29) is 5.41 Å². The zero-order chi connectivity index (χ0) is 39.0. The lowest BCUT2D eigenvalue weighted by Crippen LogP contribution is -2.15. The molecule has 0 atom stereocenters. The highest BCUT2D eigenvalue weighted by Gasteiger charge is 2.36. The van der Waals surface area contributed by atoms with Crippen molar-refractivity contribution in [1.29, 1.82) is 0 Å². The van der Waals surface area contributed by atoms with Crippen LogP contribution in [0.2, 0.25) is 0 Å². The molecule has 12 aromatic rings. The molecule has 1 aliphatic carbocycles. The molecule has 0 aliphatic heterocycles. The van der Waals surface area contributed by atoms with Crippen LogP contribution in [0.3, 0.4) is 0 Å². The van der Waals surface area contributed by atoms with Crippen LogP contribution in [0.5, 0.6) is 0 Å². The Morgan fingerprint density at radius 3 is 1.66 bits per heavy atom. The van der Waals surface area contributed by atoms with Gasteiger partial charge in [0.05, 0.1) is 0 Å². The Kier molecular flexibility index (Phi) is 6.92. The number of hydrogen-bond donors (Lipinski definition) is 0. The monoisotopic (exact) mass is 784 g/mol. The third-order valence-electron chi connectivity index (χ3n) is 13.2. The molecule has 0 saturated carbocycles. The maximum absolute atomic E-state index is 2.49. The van der Waals surface area contributed by atoms with E-state index in [1.165, 1.54) is 128 Å². The maximum atomic E-state index is 2.49. The summed E-state index contributed by atoms with van der Waals surface area (Å²) in [6, 6.07) is 68.6. The SMILES string of the molecule is CC1(C)c2ccc(-c3ccc4c(c3)sc3cc5sc6c7ccccc7ccc6c5cc34)cc2-c2ccc(-c3c4ccccc4c(-c4ccccc4)c4ccccc34)cc21. The summed E-state index contributed by atoms with van der Waals surface area (Å²) >= 11 is 3.85. The fourth-order valence-electron chi connectivity index (χ4n) is 10.4. The zero-order valence-electron chi connectivity index (χ0n) is 32.6. The number of benzene rings is 10. The van der Waals surface area contributed by atoms with Gasteiger partial charge in [0.1, 0.15) is 0 Å². The molecule has 13 rings (SSSR count). The first-order valence-corrected chi connectivity index (χ1v) is 22.1. The van der Waals surface area contributed by atoms with Crippen LogP contribution in [0.1, 0.15) is 25.0 Å². The molecular formula is C57H36S2. The van der Waals surface area contributed by atoms with Crippen LogP contribution in [0, 0.1) is 0 Å². The Bertz CT molecular complexity index is 3690. The Labute approximate surface area is 350 Å². The third-order valence-corrected chi connectivity index (χ3v) is 15.6. The van der Waals surface area contributed by atoms with Gasteiger partial charge >= 0.3 is 0 Å². The Balaban J connectivity index is 0.923. The van der Waals surface area contributed by atoms with Crippen LogP contribution < -0.4 is 0 Å². The summed E-state index contributed by atoms with van der Waals surface area (Å²) in [4.78, 5) is 0. The normalized spacial score (nSPS) is 13.4. The average Bonchev–Trinajstić information content (AvgIpc) is 3.90. The molecule has 59 heavy (non-hydrogen) atoms. The molecule has 1 aliphatic rings. The van der Waals surface area contributed by atoms with Crippen LogP contribution in [0.4, 0.5) is 0 Å². The lowest BCUT2D eigenvalue weighted by Gasteiger charge is -2.23. The predicted octanol–water partition coefficient (Wildman–Crippen LogP) is 17.2. The molecule has 2 aromatic heterocycles. The lowest BCUT2D eigenvalue weighted by molar-refractivity contribution is 0.660. The van der Waals surface area contributed by atoms with E-state index < -0.39 is 0 Å². The molecule has 0 radical (unpaired) electrons. The first-order valence-electron chi connectivity index (χ1n) is 20.5. The van der Waals surface area contributed by atoms with Crippen molar-refractivity contribution in [2.75, 3.05) is 0 Å². The van der Waals surface area contributed by atoms with Gasteiger partial charge in [-0.05, 0) is 118 Å². The van der Waals surface area contributed by atoms with Crippen LogP contribution in [-0.4, -0.2) is 0 Å². The van der Waals surface area contributed by atoms with Gasteiger partial charge in [0.15, 0.2) is 0 Å². The van der Waals surface area contributed by atoms with Gasteiger partial charge in [-0.25, -0.2) is 0 Å². The van der Waals surface area contributed by atoms with Crippen molar-refractivity contribution in [2.24, 2.45) is 0 Å². The summed E-state index contributed by atoms with van der Waals surface area (Å²) < 4.78 is 5.45. The van der Waals surface area contributed by atoms with Crippen LogP contribution in [0.25, 0.3) is 117 Å². The van der Waals surface area contributed by atoms with Crippen molar-refractivity contribution in [2.45, 2.75) is 19.3 Å². The van der Waals surface area contributed by atoms with Crippen LogP contribution in [-0.2, 0) is 5.41 Å². The summed E-state index contributed by atoms with van der Waals surface area (Å²) in [5.41, 5.74) is 13.0. The van der Waals surface area contributed by atoms with Crippen molar-refractivity contribution >= 4 is 95.3 Å². The summed E-state index contributed by atoms with van der Waals surface area (Å²) in [5.74, 6) is 0. The highest BCUT2D eigenvalue weighted by molar-refractivity contribution is 7.28. The summed E-state index contributed by atoms with van der Waals surface area (Å²) in [6.45, 7) is 4.80. The molecule has 0 amide bonds. The molecular weight excluding hydrogens is 749 g/mol. The van der Waals surface area contributed by atoms with Crippen molar-refractivity contribution in [3.05, 3.63) is 193 Å². The molecule has 0 unspecified atom stereocenters. The fraction of sp³-hybridized carbons (Fsp3) is 0.0526. The topological polar surface area (TPSA) is 0 Å². The fourth-order valence-corrected chi connectivity index (χ4v) is 12.9. The molecule has 2 heterocycles. The second kappa shape index (κ2) is 12.2. The van der Waals surface area contributed by atoms with E-state index in [1.807, 2.05) is 22.7 Å². The van der Waals surface area contributed by atoms with Gasteiger partial charge in [-0.15, -0.1) is 22.7 Å². The highest BCUT2D eigenvalue weighted by Crippen LogP contribution is 2.53. The molecule has 0 fully saturated rings. The van der Waals surface area contributed by atoms with Gasteiger partial charge in [0, 0.05) is 45.8 Å². The van der Waals surface area contributed by atoms with Gasteiger partial charge in [0.25, 0.3) is 0 Å². The zero-order valence-corrected chi connectivity index (χ0v) is 34.3. The molecule has 2 heteroatoms. The minimum Gasteiger partial charge on any atom is -0.135 e. The molecule has 0 nitrogen and oxygen atoms in total.